The van der Waals surface area contributed by atoms with E-state index >= 15 is 0 Å². The van der Waals surface area contributed by atoms with Crippen molar-refractivity contribution in [2.75, 3.05) is 5.73 Å². The Hall–Kier alpha value is -1.52. The quantitative estimate of drug-likeness (QED) is 0.813. The van der Waals surface area contributed by atoms with Gasteiger partial charge in [0.25, 0.3) is 5.91 Å². The Balaban J connectivity index is 2.15. The molecule has 0 heterocycles. The van der Waals surface area contributed by atoms with Crippen LogP contribution in [0.4, 0.5) is 5.69 Å². The monoisotopic (exact) mass is 352 g/mol. The molecule has 0 radical (unpaired) electrons. The van der Waals surface area contributed by atoms with Crippen molar-refractivity contribution >= 4 is 39.1 Å². The maximum atomic E-state index is 12.2. The normalized spacial score (nSPS) is 11.9. The molecule has 0 aliphatic carbocycles. The Bertz CT molecular complexity index is 625. The number of rotatable bonds is 3. The summed E-state index contributed by atoms with van der Waals surface area (Å²) in [7, 11) is 0. The topological polar surface area (TPSA) is 55.1 Å². The molecule has 2 rings (SSSR count). The van der Waals surface area contributed by atoms with Crippen LogP contribution in [0.25, 0.3) is 0 Å². The average Bonchev–Trinajstić information content (AvgIpc) is 2.37. The molecule has 1 atom stereocenters. The van der Waals surface area contributed by atoms with Crippen LogP contribution in [0, 0.1) is 0 Å². The number of nitrogen functional groups attached to an aromatic ring is 1. The summed E-state index contributed by atoms with van der Waals surface area (Å²) in [5.74, 6) is -0.202. The number of carbonyl (C=O) groups excluding carboxylic acids is 1. The Morgan fingerprint density at radius 1 is 1.30 bits per heavy atom. The number of benzene rings is 2. The van der Waals surface area contributed by atoms with Crippen molar-refractivity contribution in [1.29, 1.82) is 0 Å². The molecular weight excluding hydrogens is 340 g/mol. The smallest absolute Gasteiger partial charge is 0.251 e. The van der Waals surface area contributed by atoms with Gasteiger partial charge in [-0.25, -0.2) is 0 Å². The molecule has 2 aromatic rings. The van der Waals surface area contributed by atoms with Crippen molar-refractivity contribution in [3.05, 3.63) is 63.1 Å². The Morgan fingerprint density at radius 3 is 2.70 bits per heavy atom. The number of hydrogen-bond donors (Lipinski definition) is 2. The molecule has 20 heavy (non-hydrogen) atoms. The highest BCUT2D eigenvalue weighted by Crippen LogP contribution is 2.20. The van der Waals surface area contributed by atoms with Gasteiger partial charge in [0.1, 0.15) is 0 Å². The number of nitrogens with two attached hydrogens (primary N) is 1. The third-order valence-corrected chi connectivity index (χ3v) is 3.59. The van der Waals surface area contributed by atoms with Crippen LogP contribution in [0.3, 0.4) is 0 Å². The lowest BCUT2D eigenvalue weighted by molar-refractivity contribution is 0.0940. The van der Waals surface area contributed by atoms with Gasteiger partial charge < -0.3 is 11.1 Å². The molecule has 0 saturated carbocycles. The van der Waals surface area contributed by atoms with Crippen LogP contribution in [0.5, 0.6) is 0 Å². The second-order valence-corrected chi connectivity index (χ2v) is 5.88. The second kappa shape index (κ2) is 6.29. The van der Waals surface area contributed by atoms with Gasteiger partial charge in [-0.05, 0) is 42.8 Å². The Morgan fingerprint density at radius 2 is 2.05 bits per heavy atom. The van der Waals surface area contributed by atoms with E-state index in [1.54, 1.807) is 18.2 Å². The van der Waals surface area contributed by atoms with Gasteiger partial charge in [0.05, 0.1) is 6.04 Å². The molecule has 0 aliphatic rings. The molecule has 0 aromatic heterocycles. The van der Waals surface area contributed by atoms with Crippen molar-refractivity contribution in [3.8, 4) is 0 Å². The highest BCUT2D eigenvalue weighted by atomic mass is 79.9. The van der Waals surface area contributed by atoms with E-state index in [4.69, 9.17) is 17.3 Å². The third kappa shape index (κ3) is 3.74. The summed E-state index contributed by atoms with van der Waals surface area (Å²) < 4.78 is 0.975. The summed E-state index contributed by atoms with van der Waals surface area (Å²) in [4.78, 5) is 12.2. The first-order chi connectivity index (χ1) is 9.45. The van der Waals surface area contributed by atoms with E-state index in [0.717, 1.165) is 10.0 Å². The summed E-state index contributed by atoms with van der Waals surface area (Å²) in [6, 6.07) is 12.5. The van der Waals surface area contributed by atoms with Crippen LogP contribution < -0.4 is 11.1 Å². The number of carbonyl (C=O) groups is 1. The van der Waals surface area contributed by atoms with Gasteiger partial charge in [-0.2, -0.15) is 0 Å². The maximum Gasteiger partial charge on any atom is 0.251 e. The van der Waals surface area contributed by atoms with Crippen LogP contribution in [0.15, 0.2) is 46.9 Å². The van der Waals surface area contributed by atoms with Gasteiger partial charge in [0.2, 0.25) is 0 Å². The SMILES string of the molecule is C[C@H](NC(=O)c1cc(N)cc(Cl)c1)c1cccc(Br)c1. The first-order valence-corrected chi connectivity index (χ1v) is 7.25. The molecule has 0 spiro atoms. The number of nitrogens with one attached hydrogen (secondary N) is 1. The van der Waals surface area contributed by atoms with Gasteiger partial charge in [-0.15, -0.1) is 0 Å². The maximum absolute atomic E-state index is 12.2. The molecule has 5 heteroatoms. The van der Waals surface area contributed by atoms with Gasteiger partial charge in [0.15, 0.2) is 0 Å². The molecule has 2 aromatic carbocycles. The molecule has 1 amide bonds. The summed E-state index contributed by atoms with van der Waals surface area (Å²) in [5.41, 5.74) is 7.63. The molecule has 3 N–H and O–H groups in total. The lowest BCUT2D eigenvalue weighted by atomic mass is 10.1. The summed E-state index contributed by atoms with van der Waals surface area (Å²) >= 11 is 9.32. The fourth-order valence-corrected chi connectivity index (χ4v) is 2.54. The standard InChI is InChI=1S/C15H14BrClN2O/c1-9(10-3-2-4-12(16)5-10)19-15(20)11-6-13(17)8-14(18)7-11/h2-9H,18H2,1H3,(H,19,20)/t9-/m0/s1. The molecule has 0 fully saturated rings. The Labute approximate surface area is 131 Å². The zero-order chi connectivity index (χ0) is 14.7. The Kier molecular flexibility index (Phi) is 4.68. The second-order valence-electron chi connectivity index (χ2n) is 4.52. The number of halogens is 2. The van der Waals surface area contributed by atoms with Crippen LogP contribution in [-0.4, -0.2) is 5.91 Å². The predicted octanol–water partition coefficient (Wildman–Crippen LogP) is 4.18. The largest absolute Gasteiger partial charge is 0.399 e. The van der Waals surface area contributed by atoms with Crippen molar-refractivity contribution in [1.82, 2.24) is 5.32 Å². The molecule has 0 saturated heterocycles. The van der Waals surface area contributed by atoms with Crippen LogP contribution in [0.2, 0.25) is 5.02 Å². The number of amides is 1. The highest BCUT2D eigenvalue weighted by molar-refractivity contribution is 9.10. The summed E-state index contributed by atoms with van der Waals surface area (Å²) in [6.45, 7) is 1.92. The first kappa shape index (κ1) is 14.9. The average molecular weight is 354 g/mol. The van der Waals surface area contributed by atoms with Gasteiger partial charge in [0, 0.05) is 20.7 Å². The fraction of sp³-hybridized carbons (Fsp3) is 0.133. The van der Waals surface area contributed by atoms with Gasteiger partial charge in [-0.3, -0.25) is 4.79 Å². The fourth-order valence-electron chi connectivity index (χ4n) is 1.88. The van der Waals surface area contributed by atoms with E-state index in [1.165, 1.54) is 0 Å². The predicted molar refractivity (Wildman–Crippen MR) is 85.9 cm³/mol. The van der Waals surface area contributed by atoms with Crippen molar-refractivity contribution in [3.63, 3.8) is 0 Å². The molecule has 0 aliphatic heterocycles. The van der Waals surface area contributed by atoms with E-state index in [2.05, 4.69) is 21.2 Å². The van der Waals surface area contributed by atoms with E-state index < -0.39 is 0 Å². The van der Waals surface area contributed by atoms with Crippen LogP contribution >= 0.6 is 27.5 Å². The minimum Gasteiger partial charge on any atom is -0.399 e. The highest BCUT2D eigenvalue weighted by Gasteiger charge is 2.12. The van der Waals surface area contributed by atoms with E-state index in [9.17, 15) is 4.79 Å². The molecule has 104 valence electrons. The van der Waals surface area contributed by atoms with Crippen LogP contribution in [-0.2, 0) is 0 Å². The first-order valence-electron chi connectivity index (χ1n) is 6.08. The minimum absolute atomic E-state index is 0.111. The van der Waals surface area contributed by atoms with E-state index in [0.29, 0.717) is 16.3 Å². The molecule has 0 bridgehead atoms. The van der Waals surface area contributed by atoms with Gasteiger partial charge >= 0.3 is 0 Å². The third-order valence-electron chi connectivity index (χ3n) is 2.88. The zero-order valence-electron chi connectivity index (χ0n) is 10.9. The van der Waals surface area contributed by atoms with Crippen molar-refractivity contribution in [2.24, 2.45) is 0 Å². The van der Waals surface area contributed by atoms with Crippen molar-refractivity contribution < 1.29 is 4.79 Å². The zero-order valence-corrected chi connectivity index (χ0v) is 13.2. The molecular formula is C15H14BrClN2O. The number of anilines is 1. The number of hydrogen-bond acceptors (Lipinski definition) is 2. The lowest BCUT2D eigenvalue weighted by Gasteiger charge is -2.15. The van der Waals surface area contributed by atoms with E-state index in [1.807, 2.05) is 31.2 Å². The van der Waals surface area contributed by atoms with Crippen LogP contribution in [0.1, 0.15) is 28.9 Å². The summed E-state index contributed by atoms with van der Waals surface area (Å²) in [5, 5.41) is 3.37. The van der Waals surface area contributed by atoms with Gasteiger partial charge in [-0.1, -0.05) is 39.7 Å². The molecule has 0 unspecified atom stereocenters. The molecule has 3 nitrogen and oxygen atoms in total. The van der Waals surface area contributed by atoms with E-state index in [-0.39, 0.29) is 11.9 Å². The van der Waals surface area contributed by atoms with Crippen molar-refractivity contribution in [2.45, 2.75) is 13.0 Å². The lowest BCUT2D eigenvalue weighted by Crippen LogP contribution is -2.26. The summed E-state index contributed by atoms with van der Waals surface area (Å²) in [6.07, 6.45) is 0. The minimum atomic E-state index is -0.202.